The first-order valence-electron chi connectivity index (χ1n) is 7.24. The van der Waals surface area contributed by atoms with E-state index in [2.05, 4.69) is 15.9 Å². The highest BCUT2D eigenvalue weighted by Crippen LogP contribution is 2.36. The first-order valence-corrected chi connectivity index (χ1v) is 8.41. The van der Waals surface area contributed by atoms with Crippen LogP contribution in [0.25, 0.3) is 22.3 Å². The van der Waals surface area contributed by atoms with Crippen LogP contribution in [0, 0.1) is 6.92 Å². The van der Waals surface area contributed by atoms with Crippen LogP contribution in [0.15, 0.2) is 50.1 Å². The predicted octanol–water partition coefficient (Wildman–Crippen LogP) is 4.65. The standard InChI is InChI=1S/C18H12BrClO5/c1-9-5-11(15(6-12(9)19)24-8-17(22)23)16-7-14(21)10-3-2-4-13(20)18(10)25-16/h2-7H,8H2,1H3,(H,22,23). The smallest absolute Gasteiger partial charge is 0.341 e. The zero-order chi connectivity index (χ0) is 18.1. The van der Waals surface area contributed by atoms with Crippen molar-refractivity contribution in [2.45, 2.75) is 6.92 Å². The van der Waals surface area contributed by atoms with Crippen molar-refractivity contribution >= 4 is 44.5 Å². The molecule has 0 radical (unpaired) electrons. The zero-order valence-corrected chi connectivity index (χ0v) is 15.3. The maximum Gasteiger partial charge on any atom is 0.341 e. The Bertz CT molecular complexity index is 1040. The van der Waals surface area contributed by atoms with Gasteiger partial charge in [-0.1, -0.05) is 33.6 Å². The summed E-state index contributed by atoms with van der Waals surface area (Å²) in [5.41, 5.74) is 1.38. The molecule has 0 amide bonds. The van der Waals surface area contributed by atoms with Crippen LogP contribution >= 0.6 is 27.5 Å². The van der Waals surface area contributed by atoms with Crippen molar-refractivity contribution in [1.82, 2.24) is 0 Å². The normalized spacial score (nSPS) is 10.8. The highest BCUT2D eigenvalue weighted by molar-refractivity contribution is 9.10. The lowest BCUT2D eigenvalue weighted by molar-refractivity contribution is -0.139. The molecule has 1 aromatic heterocycles. The summed E-state index contributed by atoms with van der Waals surface area (Å²) in [4.78, 5) is 23.2. The fraction of sp³-hybridized carbons (Fsp3) is 0.111. The van der Waals surface area contributed by atoms with E-state index in [4.69, 9.17) is 25.9 Å². The van der Waals surface area contributed by atoms with E-state index >= 15 is 0 Å². The molecule has 1 heterocycles. The van der Waals surface area contributed by atoms with Crippen molar-refractivity contribution in [1.29, 1.82) is 0 Å². The molecule has 0 saturated heterocycles. The zero-order valence-electron chi connectivity index (χ0n) is 13.0. The van der Waals surface area contributed by atoms with E-state index in [9.17, 15) is 9.59 Å². The Morgan fingerprint density at radius 1 is 1.32 bits per heavy atom. The summed E-state index contributed by atoms with van der Waals surface area (Å²) in [6.45, 7) is 1.35. The molecule has 3 rings (SSSR count). The van der Waals surface area contributed by atoms with Gasteiger partial charge in [-0.3, -0.25) is 4.79 Å². The van der Waals surface area contributed by atoms with Crippen molar-refractivity contribution in [2.75, 3.05) is 6.61 Å². The van der Waals surface area contributed by atoms with Crippen LogP contribution in [0.4, 0.5) is 0 Å². The fourth-order valence-corrected chi connectivity index (χ4v) is 2.93. The Hall–Kier alpha value is -2.31. The molecular weight excluding hydrogens is 412 g/mol. The molecule has 0 bridgehead atoms. The first-order chi connectivity index (χ1) is 11.9. The molecule has 0 unspecified atom stereocenters. The summed E-state index contributed by atoms with van der Waals surface area (Å²) < 4.78 is 11.9. The fourth-order valence-electron chi connectivity index (χ4n) is 2.39. The Labute approximate surface area is 155 Å². The summed E-state index contributed by atoms with van der Waals surface area (Å²) in [5, 5.41) is 9.55. The molecule has 2 aromatic carbocycles. The second-order valence-corrected chi connectivity index (χ2v) is 6.63. The molecule has 128 valence electrons. The molecular formula is C18H12BrClO5. The van der Waals surface area contributed by atoms with Gasteiger partial charge in [0.2, 0.25) is 0 Å². The van der Waals surface area contributed by atoms with Gasteiger partial charge in [-0.15, -0.1) is 0 Å². The lowest BCUT2D eigenvalue weighted by Crippen LogP contribution is -2.10. The average molecular weight is 424 g/mol. The Morgan fingerprint density at radius 3 is 2.80 bits per heavy atom. The molecule has 5 nitrogen and oxygen atoms in total. The average Bonchev–Trinajstić information content (AvgIpc) is 2.56. The number of hydrogen-bond acceptors (Lipinski definition) is 4. The predicted molar refractivity (Wildman–Crippen MR) is 98.5 cm³/mol. The minimum atomic E-state index is -1.11. The summed E-state index contributed by atoms with van der Waals surface area (Å²) in [6, 6.07) is 9.67. The van der Waals surface area contributed by atoms with Gasteiger partial charge in [-0.2, -0.15) is 0 Å². The van der Waals surface area contributed by atoms with Crippen LogP contribution in [-0.2, 0) is 4.79 Å². The number of aryl methyl sites for hydroxylation is 1. The third-order valence-electron chi connectivity index (χ3n) is 3.58. The van der Waals surface area contributed by atoms with Gasteiger partial charge in [0.1, 0.15) is 11.5 Å². The third-order valence-corrected chi connectivity index (χ3v) is 4.74. The lowest BCUT2D eigenvalue weighted by atomic mass is 10.1. The minimum Gasteiger partial charge on any atom is -0.481 e. The summed E-state index contributed by atoms with van der Waals surface area (Å²) in [5.74, 6) is -0.568. The van der Waals surface area contributed by atoms with Crippen molar-refractivity contribution in [3.05, 3.63) is 61.7 Å². The van der Waals surface area contributed by atoms with E-state index in [1.54, 1.807) is 30.3 Å². The molecule has 7 heteroatoms. The number of fused-ring (bicyclic) bond motifs is 1. The highest BCUT2D eigenvalue weighted by atomic mass is 79.9. The van der Waals surface area contributed by atoms with E-state index in [0.29, 0.717) is 16.0 Å². The van der Waals surface area contributed by atoms with E-state index in [1.807, 2.05) is 6.92 Å². The largest absolute Gasteiger partial charge is 0.481 e. The molecule has 1 N–H and O–H groups in total. The van der Waals surface area contributed by atoms with Crippen LogP contribution in [-0.4, -0.2) is 17.7 Å². The molecule has 0 atom stereocenters. The number of aliphatic carboxylic acids is 1. The quantitative estimate of drug-likeness (QED) is 0.661. The van der Waals surface area contributed by atoms with Gasteiger partial charge in [0.25, 0.3) is 0 Å². The Kier molecular flexibility index (Phi) is 4.83. The highest BCUT2D eigenvalue weighted by Gasteiger charge is 2.16. The number of carboxylic acids is 1. The minimum absolute atomic E-state index is 0.247. The number of ether oxygens (including phenoxy) is 1. The SMILES string of the molecule is Cc1cc(-c2cc(=O)c3cccc(Cl)c3o2)c(OCC(=O)O)cc1Br. The number of carbonyl (C=O) groups is 1. The molecule has 0 spiro atoms. The summed E-state index contributed by atoms with van der Waals surface area (Å²) in [6.07, 6.45) is 0. The van der Waals surface area contributed by atoms with Crippen molar-refractivity contribution in [2.24, 2.45) is 0 Å². The molecule has 3 aromatic rings. The van der Waals surface area contributed by atoms with Gasteiger partial charge < -0.3 is 14.3 Å². The van der Waals surface area contributed by atoms with Crippen LogP contribution in [0.3, 0.4) is 0 Å². The lowest BCUT2D eigenvalue weighted by Gasteiger charge is -2.12. The monoisotopic (exact) mass is 422 g/mol. The van der Waals surface area contributed by atoms with Crippen molar-refractivity contribution < 1.29 is 19.1 Å². The first kappa shape index (κ1) is 17.5. The van der Waals surface area contributed by atoms with Gasteiger partial charge in [-0.05, 0) is 36.8 Å². The molecule has 0 aliphatic rings. The van der Waals surface area contributed by atoms with E-state index < -0.39 is 12.6 Å². The van der Waals surface area contributed by atoms with Crippen LogP contribution in [0.2, 0.25) is 5.02 Å². The number of para-hydroxylation sites is 1. The van der Waals surface area contributed by atoms with Gasteiger partial charge in [0, 0.05) is 10.5 Å². The van der Waals surface area contributed by atoms with E-state index in [1.165, 1.54) is 6.07 Å². The van der Waals surface area contributed by atoms with Crippen LogP contribution < -0.4 is 10.2 Å². The van der Waals surface area contributed by atoms with Crippen LogP contribution in [0.5, 0.6) is 5.75 Å². The molecule has 0 aliphatic carbocycles. The number of halogens is 2. The van der Waals surface area contributed by atoms with Gasteiger partial charge in [0.05, 0.1) is 16.0 Å². The van der Waals surface area contributed by atoms with Crippen LogP contribution in [0.1, 0.15) is 5.56 Å². The molecule has 0 aliphatic heterocycles. The summed E-state index contributed by atoms with van der Waals surface area (Å²) in [7, 11) is 0. The molecule has 0 saturated carbocycles. The summed E-state index contributed by atoms with van der Waals surface area (Å²) >= 11 is 9.52. The van der Waals surface area contributed by atoms with Gasteiger partial charge in [-0.25, -0.2) is 4.79 Å². The number of benzene rings is 2. The second-order valence-electron chi connectivity index (χ2n) is 5.37. The maximum atomic E-state index is 12.4. The van der Waals surface area contributed by atoms with Gasteiger partial charge in [0.15, 0.2) is 17.6 Å². The Morgan fingerprint density at radius 2 is 2.08 bits per heavy atom. The van der Waals surface area contributed by atoms with E-state index in [-0.39, 0.29) is 22.5 Å². The number of rotatable bonds is 4. The third kappa shape index (κ3) is 3.55. The Balaban J connectivity index is 2.23. The number of carboxylic acid groups (broad SMARTS) is 1. The van der Waals surface area contributed by atoms with E-state index in [0.717, 1.165) is 10.0 Å². The maximum absolute atomic E-state index is 12.4. The topological polar surface area (TPSA) is 76.7 Å². The number of hydrogen-bond donors (Lipinski definition) is 1. The second kappa shape index (κ2) is 6.90. The molecule has 25 heavy (non-hydrogen) atoms. The molecule has 0 fully saturated rings. The van der Waals surface area contributed by atoms with Gasteiger partial charge >= 0.3 is 5.97 Å². The van der Waals surface area contributed by atoms with Crippen molar-refractivity contribution in [3.8, 4) is 17.1 Å². The van der Waals surface area contributed by atoms with Crippen molar-refractivity contribution in [3.63, 3.8) is 0 Å².